The number of hydrogen-bond donors (Lipinski definition) is 2. The van der Waals surface area contributed by atoms with Gasteiger partial charge < -0.3 is 21.1 Å². The van der Waals surface area contributed by atoms with Crippen molar-refractivity contribution in [1.29, 1.82) is 0 Å². The molecule has 0 bridgehead atoms. The van der Waals surface area contributed by atoms with Gasteiger partial charge >= 0.3 is 0 Å². The molecule has 4 N–H and O–H groups in total. The summed E-state index contributed by atoms with van der Waals surface area (Å²) in [7, 11) is 0. The van der Waals surface area contributed by atoms with E-state index < -0.39 is 0 Å². The lowest BCUT2D eigenvalue weighted by molar-refractivity contribution is 0.227. The maximum Gasteiger partial charge on any atom is 0.237 e. The highest BCUT2D eigenvalue weighted by Gasteiger charge is 2.44. The Labute approximate surface area is 162 Å². The number of nitrogens with two attached hydrogens (primary N) is 2. The van der Waals surface area contributed by atoms with E-state index >= 15 is 0 Å². The summed E-state index contributed by atoms with van der Waals surface area (Å²) in [6, 6.07) is 5.71. The third-order valence-corrected chi connectivity index (χ3v) is 5.56. The van der Waals surface area contributed by atoms with E-state index in [1.165, 1.54) is 18.3 Å². The Morgan fingerprint density at radius 3 is 2.54 bits per heavy atom. The molecule has 1 aromatic heterocycles. The predicted molar refractivity (Wildman–Crippen MR) is 106 cm³/mol. The Kier molecular flexibility index (Phi) is 4.95. The molecule has 0 aliphatic carbocycles. The van der Waals surface area contributed by atoms with Crippen molar-refractivity contribution in [2.45, 2.75) is 18.9 Å². The highest BCUT2D eigenvalue weighted by molar-refractivity contribution is 6.01. The fraction of sp³-hybridized carbons (Fsp3) is 0.350. The second kappa shape index (κ2) is 7.55. The molecular weight excluding hydrogens is 359 g/mol. The molecule has 8 heteroatoms. The van der Waals surface area contributed by atoms with Crippen LogP contribution < -0.4 is 21.1 Å². The standard InChI is InChI=1S/C20H23FN6O/c21-14-1-3-15(4-2-14)28-18-12-24-17(11-25-18)27-9-6-20(7-10-27)13-26-16(5-8-22)19(20)23/h1-5,8,11-12,19H,6-7,9-10,13,22-23H2/b8-5-. The number of hydrogen-bond acceptors (Lipinski definition) is 7. The highest BCUT2D eigenvalue weighted by Crippen LogP contribution is 2.39. The van der Waals surface area contributed by atoms with Gasteiger partial charge in [0.1, 0.15) is 17.4 Å². The maximum atomic E-state index is 13.0. The summed E-state index contributed by atoms with van der Waals surface area (Å²) in [5.74, 6) is 1.38. The molecule has 1 unspecified atom stereocenters. The van der Waals surface area contributed by atoms with Gasteiger partial charge in [-0.3, -0.25) is 4.99 Å². The molecule has 146 valence electrons. The van der Waals surface area contributed by atoms with E-state index in [-0.39, 0.29) is 17.3 Å². The van der Waals surface area contributed by atoms with Crippen LogP contribution in [0.2, 0.25) is 0 Å². The monoisotopic (exact) mass is 382 g/mol. The van der Waals surface area contributed by atoms with Crippen LogP contribution in [0.25, 0.3) is 0 Å². The molecule has 7 nitrogen and oxygen atoms in total. The fourth-order valence-corrected chi connectivity index (χ4v) is 3.81. The largest absolute Gasteiger partial charge is 0.438 e. The van der Waals surface area contributed by atoms with Gasteiger partial charge in [0.15, 0.2) is 0 Å². The van der Waals surface area contributed by atoms with Gasteiger partial charge in [-0.1, -0.05) is 0 Å². The van der Waals surface area contributed by atoms with E-state index in [4.69, 9.17) is 16.2 Å². The fourth-order valence-electron chi connectivity index (χ4n) is 3.81. The maximum absolute atomic E-state index is 13.0. The van der Waals surface area contributed by atoms with E-state index in [1.54, 1.807) is 30.6 Å². The Morgan fingerprint density at radius 2 is 1.89 bits per heavy atom. The normalized spacial score (nSPS) is 21.3. The van der Waals surface area contributed by atoms with Crippen LogP contribution >= 0.6 is 0 Å². The molecule has 1 saturated heterocycles. The van der Waals surface area contributed by atoms with Crippen molar-refractivity contribution in [3.05, 3.63) is 54.8 Å². The molecule has 4 rings (SSSR count). The average Bonchev–Trinajstić information content (AvgIpc) is 3.01. The van der Waals surface area contributed by atoms with Crippen molar-refractivity contribution in [3.8, 4) is 11.6 Å². The zero-order valence-electron chi connectivity index (χ0n) is 15.5. The molecule has 0 amide bonds. The van der Waals surface area contributed by atoms with Crippen LogP contribution in [0.15, 0.2) is 53.9 Å². The summed E-state index contributed by atoms with van der Waals surface area (Å²) in [6.07, 6.45) is 8.46. The lowest BCUT2D eigenvalue weighted by Crippen LogP contribution is -2.51. The third-order valence-electron chi connectivity index (χ3n) is 5.56. The van der Waals surface area contributed by atoms with Gasteiger partial charge in [-0.15, -0.1) is 0 Å². The van der Waals surface area contributed by atoms with Gasteiger partial charge in [-0.25, -0.2) is 14.4 Å². The quantitative estimate of drug-likeness (QED) is 0.841. The summed E-state index contributed by atoms with van der Waals surface area (Å²) in [6.45, 7) is 2.43. The third kappa shape index (κ3) is 3.55. The topological polar surface area (TPSA) is 103 Å². The van der Waals surface area contributed by atoms with Crippen molar-refractivity contribution in [2.75, 3.05) is 24.5 Å². The molecule has 2 aliphatic heterocycles. The molecule has 2 aromatic rings. The molecule has 2 aliphatic rings. The van der Waals surface area contributed by atoms with Crippen LogP contribution in [0.1, 0.15) is 12.8 Å². The lowest BCUT2D eigenvalue weighted by Gasteiger charge is -2.41. The van der Waals surface area contributed by atoms with Crippen LogP contribution in [0.5, 0.6) is 11.6 Å². The van der Waals surface area contributed by atoms with Crippen LogP contribution in [0.4, 0.5) is 10.2 Å². The van der Waals surface area contributed by atoms with Gasteiger partial charge in [-0.2, -0.15) is 0 Å². The molecule has 0 radical (unpaired) electrons. The molecule has 1 fully saturated rings. The van der Waals surface area contributed by atoms with Crippen LogP contribution in [-0.2, 0) is 0 Å². The summed E-state index contributed by atoms with van der Waals surface area (Å²) in [5.41, 5.74) is 12.8. The Morgan fingerprint density at radius 1 is 1.14 bits per heavy atom. The molecule has 1 atom stereocenters. The first-order chi connectivity index (χ1) is 13.6. The summed E-state index contributed by atoms with van der Waals surface area (Å²) in [5, 5.41) is 0. The van der Waals surface area contributed by atoms with Crippen LogP contribution in [0.3, 0.4) is 0 Å². The molecule has 0 saturated carbocycles. The number of anilines is 1. The predicted octanol–water partition coefficient (Wildman–Crippen LogP) is 2.25. The number of halogens is 1. The first-order valence-corrected chi connectivity index (χ1v) is 9.28. The van der Waals surface area contributed by atoms with E-state index in [1.807, 2.05) is 0 Å². The average molecular weight is 382 g/mol. The number of rotatable bonds is 4. The minimum absolute atomic E-state index is 0.00437. The van der Waals surface area contributed by atoms with Crippen LogP contribution in [-0.4, -0.2) is 41.4 Å². The lowest BCUT2D eigenvalue weighted by atomic mass is 9.73. The molecule has 1 spiro atoms. The van der Waals surface area contributed by atoms with Crippen molar-refractivity contribution < 1.29 is 9.13 Å². The van der Waals surface area contributed by atoms with Crippen molar-refractivity contribution in [3.63, 3.8) is 0 Å². The second-order valence-corrected chi connectivity index (χ2v) is 7.20. The van der Waals surface area contributed by atoms with E-state index in [0.29, 0.717) is 11.6 Å². The van der Waals surface area contributed by atoms with Gasteiger partial charge in [0, 0.05) is 25.0 Å². The number of ether oxygens (including phenoxy) is 1. The number of nitrogens with zero attached hydrogens (tertiary/aromatic N) is 4. The Bertz CT molecular complexity index is 873. The number of piperidine rings is 1. The SMILES string of the molecule is N/C=C\C1=NCC2(CCN(c3cnc(Oc4ccc(F)cc4)cn3)CC2)C1N. The first-order valence-electron chi connectivity index (χ1n) is 9.28. The zero-order chi connectivity index (χ0) is 19.6. The number of benzene rings is 1. The highest BCUT2D eigenvalue weighted by atomic mass is 19.1. The summed E-state index contributed by atoms with van der Waals surface area (Å²) < 4.78 is 18.6. The summed E-state index contributed by atoms with van der Waals surface area (Å²) >= 11 is 0. The summed E-state index contributed by atoms with van der Waals surface area (Å²) in [4.78, 5) is 15.6. The van der Waals surface area contributed by atoms with Crippen molar-refractivity contribution in [1.82, 2.24) is 9.97 Å². The Hall–Kier alpha value is -3.00. The molecular formula is C20H23FN6O. The van der Waals surface area contributed by atoms with Crippen molar-refractivity contribution >= 4 is 11.5 Å². The zero-order valence-corrected chi connectivity index (χ0v) is 15.5. The Balaban J connectivity index is 1.37. The van der Waals surface area contributed by atoms with Gasteiger partial charge in [0.05, 0.1) is 24.1 Å². The first kappa shape index (κ1) is 18.4. The second-order valence-electron chi connectivity index (χ2n) is 7.20. The van der Waals surface area contributed by atoms with Crippen LogP contribution in [0, 0.1) is 11.2 Å². The van der Waals surface area contributed by atoms with E-state index in [0.717, 1.165) is 44.0 Å². The van der Waals surface area contributed by atoms with E-state index in [2.05, 4.69) is 19.9 Å². The van der Waals surface area contributed by atoms with Gasteiger partial charge in [0.25, 0.3) is 0 Å². The van der Waals surface area contributed by atoms with Gasteiger partial charge in [-0.05, 0) is 49.4 Å². The smallest absolute Gasteiger partial charge is 0.237 e. The van der Waals surface area contributed by atoms with Crippen molar-refractivity contribution in [2.24, 2.45) is 21.9 Å². The number of aliphatic imine (C=N–C) groups is 1. The van der Waals surface area contributed by atoms with E-state index in [9.17, 15) is 4.39 Å². The molecule has 1 aromatic carbocycles. The number of aromatic nitrogens is 2. The molecule has 3 heterocycles. The minimum Gasteiger partial charge on any atom is -0.438 e. The minimum atomic E-state index is -0.310. The molecule has 28 heavy (non-hydrogen) atoms. The van der Waals surface area contributed by atoms with Gasteiger partial charge in [0.2, 0.25) is 5.88 Å².